The molecule has 0 radical (unpaired) electrons. The molecule has 6 rings (SSSR count). The van der Waals surface area contributed by atoms with Crippen molar-refractivity contribution in [2.75, 3.05) is 19.1 Å². The van der Waals surface area contributed by atoms with Crippen LogP contribution in [-0.2, 0) is 19.5 Å². The summed E-state index contributed by atoms with van der Waals surface area (Å²) in [6.07, 6.45) is 1.58. The van der Waals surface area contributed by atoms with E-state index in [0.717, 1.165) is 22.6 Å². The van der Waals surface area contributed by atoms with Crippen molar-refractivity contribution in [3.63, 3.8) is 0 Å². The molecule has 0 unspecified atom stereocenters. The third-order valence-corrected chi connectivity index (χ3v) is 7.86. The van der Waals surface area contributed by atoms with E-state index >= 15 is 4.39 Å². The van der Waals surface area contributed by atoms with E-state index in [9.17, 15) is 9.65 Å². The summed E-state index contributed by atoms with van der Waals surface area (Å²) in [7, 11) is 3.21. The first-order valence-corrected chi connectivity index (χ1v) is 14.6. The summed E-state index contributed by atoms with van der Waals surface area (Å²) in [4.78, 5) is 11.7. The largest absolute Gasteiger partial charge is 0.497 e. The van der Waals surface area contributed by atoms with Gasteiger partial charge >= 0.3 is 0 Å². The highest BCUT2D eigenvalue weighted by Gasteiger charge is 2.22. The highest BCUT2D eigenvalue weighted by Crippen LogP contribution is 2.31. The van der Waals surface area contributed by atoms with Crippen molar-refractivity contribution in [3.05, 3.63) is 136 Å². The zero-order valence-electron chi connectivity index (χ0n) is 24.9. The molecule has 230 valence electrons. The van der Waals surface area contributed by atoms with Crippen molar-refractivity contribution in [1.82, 2.24) is 19.6 Å². The molecule has 0 N–H and O–H groups in total. The maximum Gasteiger partial charge on any atom is 0.198 e. The van der Waals surface area contributed by atoms with Crippen LogP contribution >= 0.6 is 11.6 Å². The number of aromatic nitrogens is 4. The van der Waals surface area contributed by atoms with Crippen molar-refractivity contribution in [3.8, 4) is 28.8 Å². The van der Waals surface area contributed by atoms with E-state index in [1.54, 1.807) is 38.6 Å². The third kappa shape index (κ3) is 6.32. The fourth-order valence-corrected chi connectivity index (χ4v) is 5.35. The number of nitriles is 1. The monoisotopic (exact) mass is 636 g/mol. The van der Waals surface area contributed by atoms with E-state index in [2.05, 4.69) is 5.10 Å². The quantitative estimate of drug-likeness (QED) is 0.155. The summed E-state index contributed by atoms with van der Waals surface area (Å²) < 4.78 is 42.4. The minimum absolute atomic E-state index is 0.0250. The zero-order chi connectivity index (χ0) is 32.2. The predicted molar refractivity (Wildman–Crippen MR) is 171 cm³/mol. The molecule has 0 saturated carbocycles. The van der Waals surface area contributed by atoms with Gasteiger partial charge < -0.3 is 14.4 Å². The smallest absolute Gasteiger partial charge is 0.198 e. The Hall–Kier alpha value is -5.53. The van der Waals surface area contributed by atoms with Gasteiger partial charge in [0, 0.05) is 35.7 Å². The van der Waals surface area contributed by atoms with Crippen molar-refractivity contribution < 1.29 is 18.3 Å². The van der Waals surface area contributed by atoms with Crippen molar-refractivity contribution in [2.45, 2.75) is 19.5 Å². The second kappa shape index (κ2) is 13.2. The first-order chi connectivity index (χ1) is 22.4. The van der Waals surface area contributed by atoms with Crippen LogP contribution in [-0.4, -0.2) is 33.8 Å². The first kappa shape index (κ1) is 30.5. The fraction of sp³-hybridized carbons (Fsp3) is 0.143. The number of hydrogen-bond donors (Lipinski definition) is 0. The van der Waals surface area contributed by atoms with E-state index in [1.807, 2.05) is 59.5 Å². The number of halogens is 3. The molecule has 0 amide bonds. The molecule has 0 aliphatic carbocycles. The number of nitrogens with zero attached hydrogens (tertiary/aromatic N) is 6. The van der Waals surface area contributed by atoms with Crippen LogP contribution in [0, 0.1) is 23.0 Å². The van der Waals surface area contributed by atoms with E-state index in [1.165, 1.54) is 22.7 Å². The van der Waals surface area contributed by atoms with E-state index < -0.39 is 11.6 Å². The number of benzene rings is 4. The average molecular weight is 637 g/mol. The molecule has 4 aromatic carbocycles. The van der Waals surface area contributed by atoms with Gasteiger partial charge in [-0.15, -0.1) is 0 Å². The van der Waals surface area contributed by atoms with Gasteiger partial charge in [-0.3, -0.25) is 0 Å². The number of methoxy groups -OCH3 is 2. The van der Waals surface area contributed by atoms with Gasteiger partial charge in [0.2, 0.25) is 0 Å². The second-order valence-electron chi connectivity index (χ2n) is 10.5. The molecule has 11 heteroatoms. The van der Waals surface area contributed by atoms with Crippen LogP contribution in [0.2, 0.25) is 5.02 Å². The van der Waals surface area contributed by atoms with Crippen molar-refractivity contribution >= 4 is 23.1 Å². The predicted octanol–water partition coefficient (Wildman–Crippen LogP) is 7.41. The van der Waals surface area contributed by atoms with E-state index in [-0.39, 0.29) is 33.8 Å². The number of hydrogen-bond acceptors (Lipinski definition) is 7. The van der Waals surface area contributed by atoms with Crippen LogP contribution in [0.5, 0.6) is 11.5 Å². The second-order valence-corrected chi connectivity index (χ2v) is 10.9. The minimum Gasteiger partial charge on any atom is -0.497 e. The van der Waals surface area contributed by atoms with Crippen molar-refractivity contribution in [2.24, 2.45) is 0 Å². The Kier molecular flexibility index (Phi) is 8.76. The van der Waals surface area contributed by atoms with E-state index in [0.29, 0.717) is 30.4 Å². The number of ether oxygens (including phenoxy) is 2. The zero-order valence-corrected chi connectivity index (χ0v) is 25.7. The number of rotatable bonds is 10. The summed E-state index contributed by atoms with van der Waals surface area (Å²) in [5.41, 5.74) is 2.81. The lowest BCUT2D eigenvalue weighted by atomic mass is 10.1. The minimum atomic E-state index is -0.696. The Morgan fingerprint density at radius 1 is 0.848 bits per heavy atom. The van der Waals surface area contributed by atoms with Crippen molar-refractivity contribution in [1.29, 1.82) is 5.26 Å². The van der Waals surface area contributed by atoms with Crippen LogP contribution in [0.1, 0.15) is 28.1 Å². The van der Waals surface area contributed by atoms with Gasteiger partial charge in [-0.25, -0.2) is 23.3 Å². The van der Waals surface area contributed by atoms with Gasteiger partial charge in [-0.05, 0) is 59.7 Å². The van der Waals surface area contributed by atoms with Gasteiger partial charge in [0.1, 0.15) is 29.2 Å². The molecule has 0 fully saturated rings. The maximum absolute atomic E-state index is 15.5. The lowest BCUT2D eigenvalue weighted by molar-refractivity contribution is 0.414. The molecule has 0 spiro atoms. The number of anilines is 1. The highest BCUT2D eigenvalue weighted by molar-refractivity contribution is 6.31. The van der Waals surface area contributed by atoms with Crippen LogP contribution in [0.15, 0.2) is 91.1 Å². The molecule has 0 atom stereocenters. The molecule has 2 aromatic heterocycles. The van der Waals surface area contributed by atoms with Gasteiger partial charge in [0.25, 0.3) is 0 Å². The molecule has 0 saturated heterocycles. The molecule has 0 bridgehead atoms. The van der Waals surface area contributed by atoms with Crippen LogP contribution in [0.25, 0.3) is 16.9 Å². The highest BCUT2D eigenvalue weighted by atomic mass is 35.5. The summed E-state index contributed by atoms with van der Waals surface area (Å²) in [6.45, 7) is 0.786. The Labute approximate surface area is 269 Å². The molecule has 6 aromatic rings. The molecule has 2 heterocycles. The Morgan fingerprint density at radius 2 is 1.48 bits per heavy atom. The molecule has 0 aliphatic rings. The molecule has 0 aliphatic heterocycles. The van der Waals surface area contributed by atoms with Gasteiger partial charge in [0.15, 0.2) is 17.3 Å². The van der Waals surface area contributed by atoms with E-state index in [4.69, 9.17) is 31.0 Å². The SMILES string of the molecule is COc1ccc(CN(Cc2ccc(OC)cc2)c2nc(-c3cccc(C#N)c3F)cn3nc(Cc4c(F)cccc4Cl)nc23)cc1. The summed E-state index contributed by atoms with van der Waals surface area (Å²) in [5, 5.41) is 14.4. The molecule has 46 heavy (non-hydrogen) atoms. The summed E-state index contributed by atoms with van der Waals surface area (Å²) in [6, 6.07) is 26.2. The maximum atomic E-state index is 15.5. The fourth-order valence-electron chi connectivity index (χ4n) is 5.12. The first-order valence-electron chi connectivity index (χ1n) is 14.3. The van der Waals surface area contributed by atoms with Gasteiger partial charge in [-0.2, -0.15) is 10.4 Å². The third-order valence-electron chi connectivity index (χ3n) is 7.50. The molecular formula is C35H27ClF2N6O2. The normalized spacial score (nSPS) is 11.0. The Morgan fingerprint density at radius 3 is 2.07 bits per heavy atom. The summed E-state index contributed by atoms with van der Waals surface area (Å²) in [5.74, 6) is 0.973. The average Bonchev–Trinajstić information content (AvgIpc) is 3.49. The van der Waals surface area contributed by atoms with Crippen LogP contribution in [0.4, 0.5) is 14.6 Å². The van der Waals surface area contributed by atoms with Gasteiger partial charge in [-0.1, -0.05) is 48.0 Å². The molecular weight excluding hydrogens is 610 g/mol. The van der Waals surface area contributed by atoms with Crippen LogP contribution in [0.3, 0.4) is 0 Å². The Balaban J connectivity index is 1.53. The number of fused-ring (bicyclic) bond motifs is 1. The standard InChI is InChI=1S/C35H27ClF2N6O2/c1-45-25-13-9-22(10-14-25)19-43(20-23-11-15-26(46-2)16-12-23)34-35-41-32(17-28-29(36)7-4-8-30(28)37)42-44(35)21-31(40-34)27-6-3-5-24(18-39)33(27)38/h3-16,21H,17,19-20H2,1-2H3. The lowest BCUT2D eigenvalue weighted by Crippen LogP contribution is -2.24. The topological polar surface area (TPSA) is 88.6 Å². The Bertz CT molecular complexity index is 1990. The van der Waals surface area contributed by atoms with Gasteiger partial charge in [0.05, 0.1) is 31.7 Å². The molecule has 8 nitrogen and oxygen atoms in total. The van der Waals surface area contributed by atoms with Crippen LogP contribution < -0.4 is 14.4 Å². The summed E-state index contributed by atoms with van der Waals surface area (Å²) >= 11 is 6.33. The lowest BCUT2D eigenvalue weighted by Gasteiger charge is -2.25.